The fourth-order valence-electron chi connectivity index (χ4n) is 2.80. The summed E-state index contributed by atoms with van der Waals surface area (Å²) >= 11 is 0. The van der Waals surface area contributed by atoms with Gasteiger partial charge in [-0.15, -0.1) is 0 Å². The molecule has 120 valence electrons. The molecule has 0 saturated heterocycles. The molecule has 22 heavy (non-hydrogen) atoms. The van der Waals surface area contributed by atoms with Gasteiger partial charge in [0.05, 0.1) is 24.2 Å². The number of nitrogens with one attached hydrogen (secondary N) is 1. The summed E-state index contributed by atoms with van der Waals surface area (Å²) < 4.78 is 28.9. The summed E-state index contributed by atoms with van der Waals surface area (Å²) in [6.45, 7) is 2.67. The first-order chi connectivity index (χ1) is 10.4. The molecule has 0 radical (unpaired) electrons. The molecule has 0 bridgehead atoms. The molecule has 2 aromatic rings. The van der Waals surface area contributed by atoms with Gasteiger partial charge in [-0.3, -0.25) is 14.3 Å². The number of hydrogen-bond donors (Lipinski definition) is 1. The van der Waals surface area contributed by atoms with E-state index in [1.54, 1.807) is 10.9 Å². The van der Waals surface area contributed by atoms with Crippen LogP contribution in [0.25, 0.3) is 0 Å². The molecule has 1 atom stereocenters. The Balaban J connectivity index is 1.73. The van der Waals surface area contributed by atoms with Gasteiger partial charge in [0.25, 0.3) is 0 Å². The minimum Gasteiger partial charge on any atom is -0.291 e. The van der Waals surface area contributed by atoms with Crippen molar-refractivity contribution in [2.24, 2.45) is 7.05 Å². The molecule has 1 aliphatic rings. The Morgan fingerprint density at radius 3 is 2.91 bits per heavy atom. The maximum Gasteiger partial charge on any atom is 0.208 e. The molecule has 3 rings (SSSR count). The van der Waals surface area contributed by atoms with Gasteiger partial charge in [0.1, 0.15) is 0 Å². The predicted octanol–water partition coefficient (Wildman–Crippen LogP) is -0.277. The Morgan fingerprint density at radius 2 is 2.23 bits per heavy atom. The van der Waals surface area contributed by atoms with Crippen molar-refractivity contribution in [1.82, 2.24) is 29.2 Å². The minimum atomic E-state index is -3.21. The highest BCUT2D eigenvalue weighted by Crippen LogP contribution is 2.21. The van der Waals surface area contributed by atoms with E-state index in [2.05, 4.69) is 19.8 Å². The average molecular weight is 324 g/mol. The lowest BCUT2D eigenvalue weighted by atomic mass is 10.1. The molecule has 1 aliphatic heterocycles. The molecule has 9 heteroatoms. The zero-order valence-electron chi connectivity index (χ0n) is 12.7. The molecule has 0 fully saturated rings. The van der Waals surface area contributed by atoms with Crippen LogP contribution >= 0.6 is 0 Å². The first-order valence-electron chi connectivity index (χ1n) is 7.07. The first-order valence-corrected chi connectivity index (χ1v) is 8.97. The predicted molar refractivity (Wildman–Crippen MR) is 81.4 cm³/mol. The van der Waals surface area contributed by atoms with Crippen LogP contribution in [-0.4, -0.2) is 52.2 Å². The number of aryl methyl sites for hydroxylation is 1. The zero-order valence-corrected chi connectivity index (χ0v) is 13.5. The number of nitrogens with zero attached hydrogens (tertiary/aromatic N) is 5. The zero-order chi connectivity index (χ0) is 15.7. The second-order valence-electron chi connectivity index (χ2n) is 5.73. The molecular weight excluding hydrogens is 304 g/mol. The molecule has 2 aromatic heterocycles. The third-order valence-corrected chi connectivity index (χ3v) is 4.39. The average Bonchev–Trinajstić information content (AvgIpc) is 3.04. The summed E-state index contributed by atoms with van der Waals surface area (Å²) in [7, 11) is -1.31. The summed E-state index contributed by atoms with van der Waals surface area (Å²) in [6.07, 6.45) is 6.79. The van der Waals surface area contributed by atoms with Gasteiger partial charge in [0.15, 0.2) is 0 Å². The largest absolute Gasteiger partial charge is 0.291 e. The summed E-state index contributed by atoms with van der Waals surface area (Å²) in [4.78, 5) is 2.28. The summed E-state index contributed by atoms with van der Waals surface area (Å²) in [5.41, 5.74) is 2.24. The Bertz CT molecular complexity index is 750. The van der Waals surface area contributed by atoms with Gasteiger partial charge in [-0.05, 0) is 6.07 Å². The van der Waals surface area contributed by atoms with Crippen LogP contribution in [0.5, 0.6) is 0 Å². The second-order valence-corrected chi connectivity index (χ2v) is 7.57. The monoisotopic (exact) mass is 324 g/mol. The first kappa shape index (κ1) is 15.2. The van der Waals surface area contributed by atoms with Crippen LogP contribution in [0.3, 0.4) is 0 Å². The maximum absolute atomic E-state index is 11.3. The lowest BCUT2D eigenvalue weighted by Gasteiger charge is -2.33. The maximum atomic E-state index is 11.3. The Labute approximate surface area is 129 Å². The van der Waals surface area contributed by atoms with Crippen LogP contribution in [0.2, 0.25) is 0 Å². The molecule has 0 spiro atoms. The molecule has 8 nitrogen and oxygen atoms in total. The van der Waals surface area contributed by atoms with Gasteiger partial charge >= 0.3 is 0 Å². The lowest BCUT2D eigenvalue weighted by Crippen LogP contribution is -2.42. The van der Waals surface area contributed by atoms with Crippen molar-refractivity contribution < 1.29 is 8.42 Å². The van der Waals surface area contributed by atoms with Crippen LogP contribution in [0.15, 0.2) is 24.7 Å². The molecule has 0 aliphatic carbocycles. The van der Waals surface area contributed by atoms with E-state index in [1.165, 1.54) is 6.26 Å². The van der Waals surface area contributed by atoms with Gasteiger partial charge in [0.2, 0.25) is 10.0 Å². The van der Waals surface area contributed by atoms with Crippen LogP contribution in [-0.2, 0) is 30.2 Å². The van der Waals surface area contributed by atoms with E-state index in [9.17, 15) is 8.42 Å². The minimum absolute atomic E-state index is 0.00912. The highest BCUT2D eigenvalue weighted by molar-refractivity contribution is 7.88. The van der Waals surface area contributed by atoms with E-state index in [4.69, 9.17) is 0 Å². The molecule has 0 saturated carbocycles. The summed E-state index contributed by atoms with van der Waals surface area (Å²) in [6, 6.07) is 1.97. The molecule has 0 amide bonds. The van der Waals surface area contributed by atoms with Crippen molar-refractivity contribution in [3.63, 3.8) is 0 Å². The van der Waals surface area contributed by atoms with Crippen molar-refractivity contribution >= 4 is 10.0 Å². The van der Waals surface area contributed by atoms with Crippen molar-refractivity contribution in [2.75, 3.05) is 19.3 Å². The second kappa shape index (κ2) is 5.82. The number of fused-ring (bicyclic) bond motifs is 1. The quantitative estimate of drug-likeness (QED) is 0.818. The standard InChI is InChI=1S/C13H20N6O2S/c1-17-7-11(5-15-17)8-18-9-12-3-4-14-19(12)13(10-18)6-16-22(2,20)21/h3-5,7,13,16H,6,8-10H2,1-2H3/t13-/m1/s1. The molecule has 1 N–H and O–H groups in total. The smallest absolute Gasteiger partial charge is 0.208 e. The summed E-state index contributed by atoms with van der Waals surface area (Å²) in [5, 5.41) is 8.51. The fraction of sp³-hybridized carbons (Fsp3) is 0.538. The molecule has 0 aromatic carbocycles. The fourth-order valence-corrected chi connectivity index (χ4v) is 3.29. The van der Waals surface area contributed by atoms with Gasteiger partial charge in [-0.2, -0.15) is 10.2 Å². The third kappa shape index (κ3) is 3.54. The van der Waals surface area contributed by atoms with E-state index < -0.39 is 10.0 Å². The van der Waals surface area contributed by atoms with Crippen LogP contribution in [0.4, 0.5) is 0 Å². The SMILES string of the molecule is Cn1cc(CN2Cc3ccnn3[C@H](CNS(C)(=O)=O)C2)cn1. The topological polar surface area (TPSA) is 85.0 Å². The van der Waals surface area contributed by atoms with Crippen molar-refractivity contribution in [3.05, 3.63) is 35.9 Å². The van der Waals surface area contributed by atoms with Gasteiger partial charge in [-0.25, -0.2) is 13.1 Å². The Morgan fingerprint density at radius 1 is 1.41 bits per heavy atom. The number of hydrogen-bond acceptors (Lipinski definition) is 5. The number of sulfonamides is 1. The van der Waals surface area contributed by atoms with E-state index in [0.717, 1.165) is 30.9 Å². The third-order valence-electron chi connectivity index (χ3n) is 3.70. The van der Waals surface area contributed by atoms with Crippen molar-refractivity contribution in [3.8, 4) is 0 Å². The van der Waals surface area contributed by atoms with Crippen LogP contribution in [0.1, 0.15) is 17.3 Å². The Hall–Kier alpha value is -1.71. The van der Waals surface area contributed by atoms with Crippen molar-refractivity contribution in [2.45, 2.75) is 19.1 Å². The van der Waals surface area contributed by atoms with Crippen LogP contribution < -0.4 is 4.72 Å². The van der Waals surface area contributed by atoms with Crippen molar-refractivity contribution in [1.29, 1.82) is 0 Å². The summed E-state index contributed by atoms with van der Waals surface area (Å²) in [5.74, 6) is 0. The van der Waals surface area contributed by atoms with E-state index in [-0.39, 0.29) is 6.04 Å². The van der Waals surface area contributed by atoms with E-state index in [1.807, 2.05) is 30.2 Å². The van der Waals surface area contributed by atoms with Gasteiger partial charge < -0.3 is 0 Å². The Kier molecular flexibility index (Phi) is 4.02. The van der Waals surface area contributed by atoms with E-state index in [0.29, 0.717) is 6.54 Å². The van der Waals surface area contributed by atoms with E-state index >= 15 is 0 Å². The highest BCUT2D eigenvalue weighted by Gasteiger charge is 2.26. The highest BCUT2D eigenvalue weighted by atomic mass is 32.2. The number of rotatable bonds is 5. The normalized spacial score (nSPS) is 19.3. The lowest BCUT2D eigenvalue weighted by molar-refractivity contribution is 0.168. The number of aromatic nitrogens is 4. The molecular formula is C13H20N6O2S. The van der Waals surface area contributed by atoms with Crippen LogP contribution in [0, 0.1) is 0 Å². The van der Waals surface area contributed by atoms with Gasteiger partial charge in [0, 0.05) is 51.2 Å². The molecule has 3 heterocycles. The molecule has 0 unspecified atom stereocenters. The van der Waals surface area contributed by atoms with Gasteiger partial charge in [-0.1, -0.05) is 0 Å².